The molecular formula is C79H94FeN7O8P+3. The molecule has 2 aliphatic heterocycles. The van der Waals surface area contributed by atoms with Crippen LogP contribution in [0.1, 0.15) is 165 Å². The van der Waals surface area contributed by atoms with E-state index in [9.17, 15) is 19.0 Å². The molecule has 0 amide bonds. The topological polar surface area (TPSA) is 186 Å². The van der Waals surface area contributed by atoms with Crippen molar-refractivity contribution in [1.29, 1.82) is 0 Å². The fraction of sp³-hybridized carbons (Fsp3) is 0.380. The van der Waals surface area contributed by atoms with E-state index in [2.05, 4.69) is 93.8 Å². The van der Waals surface area contributed by atoms with Crippen LogP contribution in [0.3, 0.4) is 0 Å². The van der Waals surface area contributed by atoms with Gasteiger partial charge in [-0.2, -0.15) is 0 Å². The number of hydrogen-bond donors (Lipinski definition) is 2. The van der Waals surface area contributed by atoms with Crippen molar-refractivity contribution < 1.29 is 59.1 Å². The summed E-state index contributed by atoms with van der Waals surface area (Å²) >= 11 is 0. The van der Waals surface area contributed by atoms with Crippen LogP contribution in [0.5, 0.6) is 11.5 Å². The number of aromatic nitrogens is 6. The number of fused-ring (bicyclic) bond motifs is 8. The van der Waals surface area contributed by atoms with E-state index in [0.29, 0.717) is 51.9 Å². The van der Waals surface area contributed by atoms with Crippen molar-refractivity contribution in [1.82, 2.24) is 29.5 Å². The summed E-state index contributed by atoms with van der Waals surface area (Å²) in [5.74, 6) is -0.284. The Morgan fingerprint density at radius 1 is 0.500 bits per heavy atom. The van der Waals surface area contributed by atoms with Crippen LogP contribution in [0.15, 0.2) is 152 Å². The van der Waals surface area contributed by atoms with E-state index < -0.39 is 19.2 Å². The number of quaternary nitrogens is 1. The first kappa shape index (κ1) is 72.5. The molecule has 8 bridgehead atoms. The van der Waals surface area contributed by atoms with Gasteiger partial charge in [0.25, 0.3) is 7.82 Å². The summed E-state index contributed by atoms with van der Waals surface area (Å²) in [5, 5.41) is 0. The molecule has 0 saturated heterocycles. The Bertz CT molecular complexity index is 4070. The summed E-state index contributed by atoms with van der Waals surface area (Å²) in [6, 6.07) is 44.5. The van der Waals surface area contributed by atoms with Gasteiger partial charge in [0, 0.05) is 69.7 Å². The maximum Gasteiger partial charge on any atom is 3.00 e. The van der Waals surface area contributed by atoms with Gasteiger partial charge < -0.3 is 42.4 Å². The number of hydrogen-bond acceptors (Lipinski definition) is 11. The molecule has 0 fully saturated rings. The third-order valence-corrected chi connectivity index (χ3v) is 18.7. The van der Waals surface area contributed by atoms with Crippen LogP contribution < -0.4 is 14.4 Å². The van der Waals surface area contributed by atoms with Crippen molar-refractivity contribution in [3.63, 3.8) is 0 Å². The van der Waals surface area contributed by atoms with Gasteiger partial charge in [0.15, 0.2) is 0 Å². The first-order valence-corrected chi connectivity index (χ1v) is 35.8. The number of phosphoric ester groups is 1. The van der Waals surface area contributed by atoms with Gasteiger partial charge in [-0.1, -0.05) is 193 Å². The Labute approximate surface area is 577 Å². The minimum absolute atomic E-state index is 0. The van der Waals surface area contributed by atoms with E-state index in [1.165, 1.54) is 57.8 Å². The molecule has 2 N–H and O–H groups in total. The van der Waals surface area contributed by atoms with Crippen LogP contribution in [-0.2, 0) is 46.8 Å². The van der Waals surface area contributed by atoms with Gasteiger partial charge in [0.05, 0.1) is 67.8 Å². The summed E-state index contributed by atoms with van der Waals surface area (Å²) in [7, 11) is 1.73. The number of phosphoric acid groups is 1. The number of aromatic amines is 2. The summed E-state index contributed by atoms with van der Waals surface area (Å²) in [6.07, 6.45) is 33.8. The second-order valence-corrected chi connectivity index (χ2v) is 28.2. The van der Waals surface area contributed by atoms with Gasteiger partial charge in [-0.15, -0.1) is 0 Å². The largest absolute Gasteiger partial charge is 3.00 e. The molecule has 17 heteroatoms. The van der Waals surface area contributed by atoms with Gasteiger partial charge in [0.2, 0.25) is 0 Å². The number of nitrogens with one attached hydrogen (secondary N) is 2. The minimum atomic E-state index is -4.23. The summed E-state index contributed by atoms with van der Waals surface area (Å²) in [6.45, 7) is 5.54. The number of nitrogens with zero attached hydrogens (tertiary/aromatic N) is 5. The molecule has 0 aliphatic carbocycles. The fourth-order valence-corrected chi connectivity index (χ4v) is 13.1. The average Bonchev–Trinajstić information content (AvgIpc) is 1.55. The van der Waals surface area contributed by atoms with E-state index in [1.54, 1.807) is 30.7 Å². The quantitative estimate of drug-likeness (QED) is 0.00950. The van der Waals surface area contributed by atoms with E-state index in [-0.39, 0.29) is 54.2 Å². The van der Waals surface area contributed by atoms with Crippen molar-refractivity contribution in [2.24, 2.45) is 5.41 Å². The summed E-state index contributed by atoms with van der Waals surface area (Å²) in [5.41, 5.74) is 11.9. The first-order valence-electron chi connectivity index (χ1n) is 34.3. The molecule has 2 aliphatic rings. The van der Waals surface area contributed by atoms with Gasteiger partial charge in [-0.3, -0.25) is 14.2 Å². The van der Waals surface area contributed by atoms with Crippen molar-refractivity contribution in [2.45, 2.75) is 149 Å². The van der Waals surface area contributed by atoms with Crippen LogP contribution in [0.4, 0.5) is 0 Å². The van der Waals surface area contributed by atoms with Crippen LogP contribution in [0.2, 0.25) is 0 Å². The SMILES string of the molecule is CC(C)(CCCCCCCCCCCCCCCCCCOP(=O)([O-])OCC[N+](C)(C)C)C(=O)Oc1cccc(OC(=O)CCCCn2ccnc2)c1-c1c2nc(c(-c3ccccc3)c3ccc([nH]3)c(-c3ccccc3)c3nc(c(-c4ccccc4)c4ccc1[nH]4)C=C3)C=C2.[Fe+3]. The normalized spacial score (nSPS) is 12.8. The van der Waals surface area contributed by atoms with E-state index in [0.717, 1.165) is 119 Å². The number of unbranched alkanes of at least 4 members (excludes halogenated alkanes) is 16. The number of ether oxygens (including phenoxy) is 2. The fourth-order valence-electron chi connectivity index (χ4n) is 12.4. The smallest absolute Gasteiger partial charge is 0.756 e. The number of carbonyl (C=O) groups excluding carboxylic acids is 2. The summed E-state index contributed by atoms with van der Waals surface area (Å²) < 4.78 is 37.8. The predicted octanol–water partition coefficient (Wildman–Crippen LogP) is 19.1. The number of esters is 2. The van der Waals surface area contributed by atoms with Gasteiger partial charge >= 0.3 is 29.0 Å². The Hall–Kier alpha value is -7.78. The molecular weight excluding hydrogens is 1260 g/mol. The number of carbonyl (C=O) groups is 2. The molecule has 10 rings (SSSR count). The van der Waals surface area contributed by atoms with Gasteiger partial charge in [-0.25, -0.2) is 15.0 Å². The van der Waals surface area contributed by atoms with E-state index in [1.807, 2.05) is 106 Å². The number of imidazole rings is 1. The standard InChI is InChI=1S/C79H94N7O8P.Fe/c1-79(2,51-30-18-16-14-12-10-8-6-7-9-11-13-15-17-19-32-56-91-95(89,90)92-57-55-86(3,4)5)78(88)94-71-41-33-40-70(93-72(87)42-29-31-53-85-54-52-80-58-85)77(71)76-68-49-47-66(83-68)74(60-36-25-21-26-37-60)64-45-43-62(81-64)73(59-34-23-20-24-35-59)63-44-46-65(82-63)75(61-38-27-22-28-39-61)67-48-50-69(76)84-67;/h20-28,33-41,43-50,52,54,58H,6-19,29-32,42,51,53,55-57H2,1-5H3,(H2-,81,82,83,84,89,90);/q;+3. The van der Waals surface area contributed by atoms with Crippen molar-refractivity contribution in [2.75, 3.05) is 40.9 Å². The number of aryl methyl sites for hydroxylation is 1. The second kappa shape index (κ2) is 35.5. The van der Waals surface area contributed by atoms with Crippen LogP contribution >= 0.6 is 7.82 Å². The van der Waals surface area contributed by atoms with Gasteiger partial charge in [0.1, 0.15) is 24.7 Å². The molecule has 503 valence electrons. The van der Waals surface area contributed by atoms with Crippen molar-refractivity contribution in [3.8, 4) is 56.0 Å². The predicted molar refractivity (Wildman–Crippen MR) is 383 cm³/mol. The molecule has 8 aromatic rings. The van der Waals surface area contributed by atoms with Crippen LogP contribution in [0, 0.1) is 5.41 Å². The number of H-pyrrole nitrogens is 2. The zero-order valence-corrected chi connectivity index (χ0v) is 58.5. The van der Waals surface area contributed by atoms with E-state index >= 15 is 0 Å². The number of benzene rings is 4. The van der Waals surface area contributed by atoms with Crippen LogP contribution in [-0.4, -0.2) is 86.8 Å². The maximum atomic E-state index is 14.9. The molecule has 0 saturated carbocycles. The second-order valence-electron chi connectivity index (χ2n) is 26.8. The monoisotopic (exact) mass is 1360 g/mol. The molecule has 4 aromatic carbocycles. The number of likely N-dealkylation sites (N-methyl/N-ethyl adjacent to an activating group) is 1. The number of rotatable bonds is 36. The van der Waals surface area contributed by atoms with Gasteiger partial charge in [-0.05, 0) is 117 Å². The third kappa shape index (κ3) is 20.6. The third-order valence-electron chi connectivity index (χ3n) is 17.7. The van der Waals surface area contributed by atoms with E-state index in [4.69, 9.17) is 28.5 Å². The first-order chi connectivity index (χ1) is 46.1. The zero-order chi connectivity index (χ0) is 66.5. The zero-order valence-electron chi connectivity index (χ0n) is 56.5. The maximum absolute atomic E-state index is 14.9. The molecule has 1 unspecified atom stereocenters. The van der Waals surface area contributed by atoms with Crippen molar-refractivity contribution >= 4 is 66.1 Å². The molecule has 1 atom stereocenters. The molecule has 0 spiro atoms. The minimum Gasteiger partial charge on any atom is -0.756 e. The molecule has 6 heterocycles. The molecule has 96 heavy (non-hydrogen) atoms. The molecule has 15 nitrogen and oxygen atoms in total. The Morgan fingerprint density at radius 2 is 0.917 bits per heavy atom. The molecule has 4 aromatic heterocycles. The Kier molecular flexibility index (Phi) is 26.8. The van der Waals surface area contributed by atoms with Crippen LogP contribution in [0.25, 0.3) is 90.9 Å². The van der Waals surface area contributed by atoms with Crippen molar-refractivity contribution in [3.05, 3.63) is 175 Å². The Morgan fingerprint density at radius 3 is 1.36 bits per heavy atom. The average molecular weight is 1360 g/mol. The summed E-state index contributed by atoms with van der Waals surface area (Å²) in [4.78, 5) is 63.9. The molecule has 1 radical (unpaired) electrons. The Balaban J connectivity index is 0.0000108.